The summed E-state index contributed by atoms with van der Waals surface area (Å²) in [6.45, 7) is 0.638. The Kier molecular flexibility index (Phi) is 3.33. The van der Waals surface area contributed by atoms with Crippen molar-refractivity contribution in [3.05, 3.63) is 41.0 Å². The summed E-state index contributed by atoms with van der Waals surface area (Å²) in [6, 6.07) is 9.62. The molecule has 0 radical (unpaired) electrons. The van der Waals surface area contributed by atoms with Crippen molar-refractivity contribution in [1.29, 1.82) is 0 Å². The molecule has 1 aliphatic carbocycles. The van der Waals surface area contributed by atoms with Gasteiger partial charge in [-0.2, -0.15) is 0 Å². The number of rotatable bonds is 3. The molecule has 1 heterocycles. The van der Waals surface area contributed by atoms with Crippen molar-refractivity contribution in [3.8, 4) is 11.3 Å². The van der Waals surface area contributed by atoms with E-state index >= 15 is 0 Å². The third-order valence-electron chi connectivity index (χ3n) is 4.13. The van der Waals surface area contributed by atoms with Gasteiger partial charge in [0.1, 0.15) is 0 Å². The van der Waals surface area contributed by atoms with Gasteiger partial charge in [-0.05, 0) is 37.1 Å². The second kappa shape index (κ2) is 4.99. The smallest absolute Gasteiger partial charge is 0.167 e. The highest BCUT2D eigenvalue weighted by Gasteiger charge is 2.37. The number of benzene rings is 1. The van der Waals surface area contributed by atoms with Gasteiger partial charge in [0, 0.05) is 28.6 Å². The van der Waals surface area contributed by atoms with E-state index in [1.54, 1.807) is 0 Å². The molecule has 1 fully saturated rings. The Labute approximate surface area is 117 Å². The van der Waals surface area contributed by atoms with Crippen molar-refractivity contribution < 1.29 is 4.52 Å². The lowest BCUT2D eigenvalue weighted by atomic mass is 9.82. The maximum Gasteiger partial charge on any atom is 0.167 e. The van der Waals surface area contributed by atoms with E-state index in [1.165, 1.54) is 12.8 Å². The van der Waals surface area contributed by atoms with Gasteiger partial charge in [-0.15, -0.1) is 0 Å². The van der Waals surface area contributed by atoms with Crippen molar-refractivity contribution in [2.75, 3.05) is 6.54 Å². The van der Waals surface area contributed by atoms with Crippen molar-refractivity contribution in [2.24, 2.45) is 5.73 Å². The molecule has 2 N–H and O–H groups in total. The van der Waals surface area contributed by atoms with E-state index in [4.69, 9.17) is 21.9 Å². The highest BCUT2D eigenvalue weighted by Crippen LogP contribution is 2.40. The van der Waals surface area contributed by atoms with Crippen LogP contribution in [-0.2, 0) is 5.41 Å². The van der Waals surface area contributed by atoms with E-state index in [2.05, 4.69) is 5.16 Å². The van der Waals surface area contributed by atoms with Gasteiger partial charge in [0.25, 0.3) is 0 Å². The second-order valence-electron chi connectivity index (χ2n) is 5.27. The van der Waals surface area contributed by atoms with E-state index in [-0.39, 0.29) is 5.41 Å². The third-order valence-corrected chi connectivity index (χ3v) is 4.39. The standard InChI is InChI=1S/C15H17ClN2O/c16-12-5-3-11(4-6-12)13-9-14(18-19-13)15(10-17)7-1-2-8-15/h3-6,9H,1-2,7-8,10,17H2. The lowest BCUT2D eigenvalue weighted by molar-refractivity contribution is 0.372. The molecule has 0 unspecified atom stereocenters. The number of aromatic nitrogens is 1. The summed E-state index contributed by atoms with van der Waals surface area (Å²) < 4.78 is 5.48. The van der Waals surface area contributed by atoms with Crippen molar-refractivity contribution in [1.82, 2.24) is 5.16 Å². The molecule has 4 heteroatoms. The monoisotopic (exact) mass is 276 g/mol. The first-order valence-electron chi connectivity index (χ1n) is 6.67. The van der Waals surface area contributed by atoms with Crippen molar-refractivity contribution in [2.45, 2.75) is 31.1 Å². The topological polar surface area (TPSA) is 52.0 Å². The summed E-state index contributed by atoms with van der Waals surface area (Å²) in [5.41, 5.74) is 7.98. The van der Waals surface area contributed by atoms with E-state index in [0.29, 0.717) is 6.54 Å². The Bertz CT molecular complexity index is 556. The molecule has 2 aromatic rings. The first-order valence-corrected chi connectivity index (χ1v) is 7.04. The average molecular weight is 277 g/mol. The summed E-state index contributed by atoms with van der Waals surface area (Å²) in [6.07, 6.45) is 4.66. The summed E-state index contributed by atoms with van der Waals surface area (Å²) in [7, 11) is 0. The lowest BCUT2D eigenvalue weighted by Crippen LogP contribution is -2.32. The maximum absolute atomic E-state index is 5.97. The van der Waals surface area contributed by atoms with Gasteiger partial charge in [-0.25, -0.2) is 0 Å². The van der Waals surface area contributed by atoms with Crippen LogP contribution in [0.5, 0.6) is 0 Å². The molecular weight excluding hydrogens is 260 g/mol. The predicted octanol–water partition coefficient (Wildman–Crippen LogP) is 3.77. The van der Waals surface area contributed by atoms with Crippen LogP contribution in [0.15, 0.2) is 34.9 Å². The minimum absolute atomic E-state index is 0.0220. The predicted molar refractivity (Wildman–Crippen MR) is 76.1 cm³/mol. The number of halogens is 1. The maximum atomic E-state index is 5.97. The molecule has 100 valence electrons. The van der Waals surface area contributed by atoms with Crippen LogP contribution in [0.1, 0.15) is 31.4 Å². The van der Waals surface area contributed by atoms with Gasteiger partial charge in [-0.1, -0.05) is 29.6 Å². The molecule has 1 aromatic heterocycles. The fourth-order valence-electron chi connectivity index (χ4n) is 2.89. The summed E-state index contributed by atoms with van der Waals surface area (Å²) >= 11 is 5.89. The van der Waals surface area contributed by atoms with Crippen LogP contribution in [0.2, 0.25) is 5.02 Å². The molecule has 3 nitrogen and oxygen atoms in total. The quantitative estimate of drug-likeness (QED) is 0.928. The molecule has 0 amide bonds. The molecule has 0 aliphatic heterocycles. The van der Waals surface area contributed by atoms with Gasteiger partial charge < -0.3 is 10.3 Å². The third kappa shape index (κ3) is 2.28. The molecule has 1 aromatic carbocycles. The molecule has 19 heavy (non-hydrogen) atoms. The fourth-order valence-corrected chi connectivity index (χ4v) is 3.02. The van der Waals surface area contributed by atoms with E-state index in [1.807, 2.05) is 30.3 Å². The largest absolute Gasteiger partial charge is 0.356 e. The van der Waals surface area contributed by atoms with Crippen LogP contribution >= 0.6 is 11.6 Å². The Balaban J connectivity index is 1.92. The van der Waals surface area contributed by atoms with Crippen LogP contribution < -0.4 is 5.73 Å². The number of hydrogen-bond donors (Lipinski definition) is 1. The first kappa shape index (κ1) is 12.7. The Morgan fingerprint density at radius 3 is 2.53 bits per heavy atom. The molecule has 0 spiro atoms. The molecular formula is C15H17ClN2O. The minimum atomic E-state index is 0.0220. The summed E-state index contributed by atoms with van der Waals surface area (Å²) in [5, 5.41) is 4.97. The van der Waals surface area contributed by atoms with Gasteiger partial charge in [-0.3, -0.25) is 0 Å². The van der Waals surface area contributed by atoms with Crippen LogP contribution in [0, 0.1) is 0 Å². The number of nitrogens with two attached hydrogens (primary N) is 1. The highest BCUT2D eigenvalue weighted by molar-refractivity contribution is 6.30. The number of hydrogen-bond acceptors (Lipinski definition) is 3. The molecule has 0 bridgehead atoms. The normalized spacial score (nSPS) is 17.8. The van der Waals surface area contributed by atoms with Gasteiger partial charge >= 0.3 is 0 Å². The fraction of sp³-hybridized carbons (Fsp3) is 0.400. The zero-order valence-corrected chi connectivity index (χ0v) is 11.5. The molecule has 1 aliphatic rings. The summed E-state index contributed by atoms with van der Waals surface area (Å²) in [5.74, 6) is 0.784. The Morgan fingerprint density at radius 2 is 1.89 bits per heavy atom. The second-order valence-corrected chi connectivity index (χ2v) is 5.71. The van der Waals surface area contributed by atoms with Gasteiger partial charge in [0.2, 0.25) is 0 Å². The Hall–Kier alpha value is -1.32. The van der Waals surface area contributed by atoms with E-state index in [9.17, 15) is 0 Å². The summed E-state index contributed by atoms with van der Waals surface area (Å²) in [4.78, 5) is 0. The minimum Gasteiger partial charge on any atom is -0.356 e. The van der Waals surface area contributed by atoms with Crippen LogP contribution in [0.4, 0.5) is 0 Å². The Morgan fingerprint density at radius 1 is 1.21 bits per heavy atom. The zero-order chi connectivity index (χ0) is 13.3. The zero-order valence-electron chi connectivity index (χ0n) is 10.7. The van der Waals surface area contributed by atoms with Crippen molar-refractivity contribution in [3.63, 3.8) is 0 Å². The molecule has 0 saturated heterocycles. The molecule has 0 atom stereocenters. The van der Waals surface area contributed by atoms with E-state index < -0.39 is 0 Å². The van der Waals surface area contributed by atoms with Gasteiger partial charge in [0.05, 0.1) is 5.69 Å². The van der Waals surface area contributed by atoms with Crippen molar-refractivity contribution >= 4 is 11.6 Å². The van der Waals surface area contributed by atoms with Crippen LogP contribution in [-0.4, -0.2) is 11.7 Å². The lowest BCUT2D eigenvalue weighted by Gasteiger charge is -2.23. The first-order chi connectivity index (χ1) is 9.23. The van der Waals surface area contributed by atoms with E-state index in [0.717, 1.165) is 34.9 Å². The average Bonchev–Trinajstić information content (AvgIpc) is 3.09. The molecule has 1 saturated carbocycles. The van der Waals surface area contributed by atoms with Gasteiger partial charge in [0.15, 0.2) is 5.76 Å². The SMILES string of the molecule is NCC1(c2cc(-c3ccc(Cl)cc3)on2)CCCC1. The highest BCUT2D eigenvalue weighted by atomic mass is 35.5. The molecule has 3 rings (SSSR count). The van der Waals surface area contributed by atoms with Crippen LogP contribution in [0.25, 0.3) is 11.3 Å². The number of nitrogens with zero attached hydrogens (tertiary/aromatic N) is 1. The van der Waals surface area contributed by atoms with Crippen LogP contribution in [0.3, 0.4) is 0 Å².